The lowest BCUT2D eigenvalue weighted by Crippen LogP contribution is -2.58. The zero-order valence-corrected chi connectivity index (χ0v) is 33.9. The summed E-state index contributed by atoms with van der Waals surface area (Å²) < 4.78 is 9.26. The largest absolute Gasteiger partial charge is 0.480 e. The SMILES string of the molecule is [2H]N(CC(Cc1ccccc1)(Cc1ccccc1)C(=O)N[C@@H](CCCN=C(N)N)C(=O)O)C(=O)[C@@H]1CCCN1C(=O)[C@H](CCCCN)NC(=O)[C@H](Cc1ccccc1)NC. The lowest BCUT2D eigenvalue weighted by atomic mass is 9.75. The highest BCUT2D eigenvalue weighted by molar-refractivity contribution is 5.94. The van der Waals surface area contributed by atoms with Gasteiger partial charge in [0.2, 0.25) is 23.6 Å². The van der Waals surface area contributed by atoms with Crippen LogP contribution in [0.2, 0.25) is 1.41 Å². The monoisotopic (exact) mass is 812 g/mol. The quantitative estimate of drug-likeness (QED) is 0.0369. The van der Waals surface area contributed by atoms with Gasteiger partial charge in [0.05, 0.1) is 11.5 Å². The summed E-state index contributed by atoms with van der Waals surface area (Å²) in [6.45, 7) is 0.396. The van der Waals surface area contributed by atoms with Crippen molar-refractivity contribution in [3.05, 3.63) is 108 Å². The van der Waals surface area contributed by atoms with E-state index in [4.69, 9.17) is 17.2 Å². The molecule has 0 unspecified atom stereocenters. The Morgan fingerprint density at radius 2 is 1.41 bits per heavy atom. The van der Waals surface area contributed by atoms with E-state index in [-0.39, 0.29) is 57.1 Å². The molecule has 0 bridgehead atoms. The van der Waals surface area contributed by atoms with E-state index in [0.717, 1.165) is 22.0 Å². The molecule has 3 aromatic rings. The second kappa shape index (κ2) is 23.6. The van der Waals surface area contributed by atoms with Crippen LogP contribution in [0.4, 0.5) is 0 Å². The standard InChI is InChI=1S/C44H61N9O6/c1-48-36(27-31-15-5-2-6-16-31)38(54)51-34(21-11-12-24-45)40(56)53-26-14-23-37(53)39(55)50-30-44(28-32-17-7-3-8-18-32,29-33-19-9-4-10-20-33)42(59)52-35(41(57)58)22-13-25-49-43(46)47/h2-10,15-20,34-37,48H,11-14,21-30,45H2,1H3,(H,50,55)(H,51,54)(H,52,59)(H,57,58)(H4,46,47,49)/t34-,35-,36-,37-/m0/s1/i/hD. The molecular formula is C44H61N9O6. The predicted molar refractivity (Wildman–Crippen MR) is 228 cm³/mol. The van der Waals surface area contributed by atoms with E-state index in [2.05, 4.69) is 20.9 Å². The maximum atomic E-state index is 14.7. The summed E-state index contributed by atoms with van der Waals surface area (Å²) in [7, 11) is 1.68. The van der Waals surface area contributed by atoms with Crippen molar-refractivity contribution in [2.75, 3.05) is 33.2 Å². The molecule has 1 saturated heterocycles. The van der Waals surface area contributed by atoms with Crippen LogP contribution in [0.15, 0.2) is 96.0 Å². The van der Waals surface area contributed by atoms with Crippen LogP contribution in [0.5, 0.6) is 0 Å². The number of unbranched alkanes of at least 4 members (excludes halogenated alkanes) is 1. The molecule has 0 spiro atoms. The highest BCUT2D eigenvalue weighted by atomic mass is 16.4. The molecular weight excluding hydrogens is 751 g/mol. The van der Waals surface area contributed by atoms with Gasteiger partial charge in [-0.15, -0.1) is 0 Å². The van der Waals surface area contributed by atoms with Crippen LogP contribution < -0.4 is 38.5 Å². The Balaban J connectivity index is 1.63. The number of carbonyl (C=O) groups excluding carboxylic acids is 4. The maximum absolute atomic E-state index is 14.7. The average Bonchev–Trinajstić information content (AvgIpc) is 3.74. The topological polar surface area (TPSA) is 247 Å². The molecule has 1 aliphatic heterocycles. The van der Waals surface area contributed by atoms with Crippen LogP contribution in [-0.4, -0.2) is 103 Å². The van der Waals surface area contributed by atoms with E-state index in [1.54, 1.807) is 7.05 Å². The van der Waals surface area contributed by atoms with Gasteiger partial charge in [0, 0.05) is 19.6 Å². The Bertz CT molecular complexity index is 1830. The minimum absolute atomic E-state index is 0.0254. The van der Waals surface area contributed by atoms with Crippen molar-refractivity contribution in [3.63, 3.8) is 0 Å². The first kappa shape index (κ1) is 44.3. The third-order valence-corrected chi connectivity index (χ3v) is 10.7. The first-order valence-corrected chi connectivity index (χ1v) is 20.4. The van der Waals surface area contributed by atoms with Crippen molar-refractivity contribution in [3.8, 4) is 0 Å². The molecule has 15 heteroatoms. The van der Waals surface area contributed by atoms with Crippen LogP contribution in [0.3, 0.4) is 0 Å². The molecule has 0 saturated carbocycles. The minimum Gasteiger partial charge on any atom is -0.480 e. The van der Waals surface area contributed by atoms with E-state index in [1.807, 2.05) is 91.0 Å². The molecule has 59 heavy (non-hydrogen) atoms. The number of hydrogen-bond donors (Lipinski definition) is 8. The first-order valence-electron chi connectivity index (χ1n) is 20.8. The smallest absolute Gasteiger partial charge is 0.326 e. The summed E-state index contributed by atoms with van der Waals surface area (Å²) in [6, 6.07) is 23.9. The van der Waals surface area contributed by atoms with Gasteiger partial charge in [-0.2, -0.15) is 0 Å². The highest BCUT2D eigenvalue weighted by Gasteiger charge is 2.43. The van der Waals surface area contributed by atoms with Crippen molar-refractivity contribution in [2.45, 2.75) is 88.4 Å². The van der Waals surface area contributed by atoms with Gasteiger partial charge in [-0.3, -0.25) is 24.2 Å². The van der Waals surface area contributed by atoms with Gasteiger partial charge in [0.1, 0.15) is 18.1 Å². The van der Waals surface area contributed by atoms with Gasteiger partial charge >= 0.3 is 5.97 Å². The average molecular weight is 813 g/mol. The van der Waals surface area contributed by atoms with E-state index < -0.39 is 59.8 Å². The van der Waals surface area contributed by atoms with Crippen molar-refractivity contribution in [1.82, 2.24) is 26.2 Å². The summed E-state index contributed by atoms with van der Waals surface area (Å²) >= 11 is 0. The van der Waals surface area contributed by atoms with Gasteiger partial charge in [-0.05, 0) is 94.5 Å². The van der Waals surface area contributed by atoms with Crippen LogP contribution in [0.25, 0.3) is 0 Å². The van der Waals surface area contributed by atoms with Gasteiger partial charge in [0.25, 0.3) is 0 Å². The van der Waals surface area contributed by atoms with Crippen LogP contribution in [0.1, 0.15) is 61.6 Å². The maximum Gasteiger partial charge on any atom is 0.326 e. The Morgan fingerprint density at radius 1 is 0.831 bits per heavy atom. The third kappa shape index (κ3) is 14.2. The molecule has 11 N–H and O–H groups in total. The van der Waals surface area contributed by atoms with E-state index >= 15 is 0 Å². The van der Waals surface area contributed by atoms with Crippen molar-refractivity contribution in [2.24, 2.45) is 27.6 Å². The Morgan fingerprint density at radius 3 is 1.95 bits per heavy atom. The number of likely N-dealkylation sites (tertiary alicyclic amines) is 1. The van der Waals surface area contributed by atoms with E-state index in [1.165, 1.54) is 4.90 Å². The fraction of sp³-hybridized carbons (Fsp3) is 0.455. The molecule has 1 aliphatic rings. The van der Waals surface area contributed by atoms with Crippen molar-refractivity contribution >= 4 is 35.6 Å². The summed E-state index contributed by atoms with van der Waals surface area (Å²) in [4.78, 5) is 75.0. The molecule has 4 rings (SSSR count). The molecule has 3 aromatic carbocycles. The lowest BCUT2D eigenvalue weighted by molar-refractivity contribution is -0.144. The van der Waals surface area contributed by atoms with E-state index in [0.29, 0.717) is 38.6 Å². The molecule has 318 valence electrons. The lowest BCUT2D eigenvalue weighted by Gasteiger charge is -2.35. The zero-order chi connectivity index (χ0) is 43.5. The first-order chi connectivity index (χ1) is 28.9. The van der Waals surface area contributed by atoms with Gasteiger partial charge in [-0.1, -0.05) is 91.0 Å². The highest BCUT2D eigenvalue weighted by Crippen LogP contribution is 2.30. The van der Waals surface area contributed by atoms with Crippen LogP contribution in [-0.2, 0) is 43.2 Å². The van der Waals surface area contributed by atoms with E-state index in [9.17, 15) is 30.5 Å². The number of carbonyl (C=O) groups is 5. The number of nitrogens with one attached hydrogen (secondary N) is 4. The van der Waals surface area contributed by atoms with Gasteiger partial charge in [0.15, 0.2) is 7.37 Å². The molecule has 15 nitrogen and oxygen atoms in total. The number of amides is 4. The Kier molecular flexibility index (Phi) is 17.7. The number of benzene rings is 3. The summed E-state index contributed by atoms with van der Waals surface area (Å²) in [5, 5.41) is 19.6. The minimum atomic E-state index is -1.53. The second-order valence-electron chi connectivity index (χ2n) is 15.1. The second-order valence-corrected chi connectivity index (χ2v) is 15.1. The number of nitrogens with two attached hydrogens (primary N) is 3. The number of guanidine groups is 1. The van der Waals surface area contributed by atoms with Gasteiger partial charge < -0.3 is 48.5 Å². The predicted octanol–water partition coefficient (Wildman–Crippen LogP) is 1.63. The number of carboxylic acid groups (broad SMARTS) is 1. The molecule has 1 heterocycles. The summed E-state index contributed by atoms with van der Waals surface area (Å²) in [5.41, 5.74) is 17.6. The van der Waals surface area contributed by atoms with Crippen molar-refractivity contribution in [1.29, 1.82) is 0 Å². The molecule has 0 aromatic heterocycles. The Labute approximate surface area is 348 Å². The molecule has 0 aliphatic carbocycles. The molecule has 4 amide bonds. The summed E-state index contributed by atoms with van der Waals surface area (Å²) in [5.74, 6) is -3.51. The number of rotatable bonds is 24. The van der Waals surface area contributed by atoms with Crippen LogP contribution >= 0.6 is 0 Å². The Hall–Kier alpha value is -5.80. The number of likely N-dealkylation sites (N-methyl/N-ethyl adjacent to an activating group) is 1. The molecule has 4 atom stereocenters. The fourth-order valence-electron chi connectivity index (χ4n) is 7.47. The zero-order valence-electron chi connectivity index (χ0n) is 34.9. The third-order valence-electron chi connectivity index (χ3n) is 10.7. The number of aliphatic carboxylic acids is 1. The number of carboxylic acids is 1. The normalized spacial score (nSPS) is 15.6. The van der Waals surface area contributed by atoms with Crippen molar-refractivity contribution < 1.29 is 30.5 Å². The number of nitrogens with zero attached hydrogens (tertiary/aromatic N) is 2. The summed E-state index contributed by atoms with van der Waals surface area (Å²) in [6.07, 6.45) is 3.10. The molecule has 0 radical (unpaired) electrons. The van der Waals surface area contributed by atoms with Gasteiger partial charge in [-0.25, -0.2) is 4.79 Å². The van der Waals surface area contributed by atoms with Crippen LogP contribution in [0, 0.1) is 5.41 Å². The fourth-order valence-corrected chi connectivity index (χ4v) is 7.47. The number of hydrogen-bond acceptors (Lipinski definition) is 8. The number of aliphatic imine (C=N–C) groups is 1. The molecule has 1 fully saturated rings.